The summed E-state index contributed by atoms with van der Waals surface area (Å²) < 4.78 is 37.3. The van der Waals surface area contributed by atoms with Crippen molar-refractivity contribution in [2.45, 2.75) is 18.6 Å². The number of hydrogen-bond acceptors (Lipinski definition) is 3. The molecule has 5 nitrogen and oxygen atoms in total. The monoisotopic (exact) mass is 342 g/mol. The molecule has 0 aromatic heterocycles. The van der Waals surface area contributed by atoms with E-state index in [9.17, 15) is 22.8 Å². The number of amides is 2. The van der Waals surface area contributed by atoms with Gasteiger partial charge in [-0.1, -0.05) is 12.2 Å². The maximum atomic E-state index is 12.4. The first-order valence-corrected chi connectivity index (χ1v) is 7.33. The van der Waals surface area contributed by atoms with Crippen LogP contribution in [0.15, 0.2) is 36.4 Å². The number of benzene rings is 1. The Balaban J connectivity index is 1.80. The normalized spacial score (nSPS) is 20.0. The third kappa shape index (κ3) is 4.82. The Labute approximate surface area is 136 Å². The zero-order valence-electron chi connectivity index (χ0n) is 12.6. The summed E-state index contributed by atoms with van der Waals surface area (Å²) in [6, 6.07) is 3.54. The van der Waals surface area contributed by atoms with Gasteiger partial charge in [0.1, 0.15) is 0 Å². The second-order valence-electron chi connectivity index (χ2n) is 5.50. The van der Waals surface area contributed by atoms with Crippen molar-refractivity contribution >= 4 is 11.8 Å². The Bertz CT molecular complexity index is 626. The molecule has 0 radical (unpaired) electrons. The summed E-state index contributed by atoms with van der Waals surface area (Å²) in [6.07, 6.45) is -0.284. The van der Waals surface area contributed by atoms with Crippen molar-refractivity contribution < 1.29 is 27.9 Å². The van der Waals surface area contributed by atoms with E-state index in [0.29, 0.717) is 6.42 Å². The van der Waals surface area contributed by atoms with Gasteiger partial charge in [0.05, 0.1) is 12.1 Å². The molecule has 0 saturated carbocycles. The lowest BCUT2D eigenvalue weighted by Crippen LogP contribution is -2.41. The van der Waals surface area contributed by atoms with Gasteiger partial charge in [-0.25, -0.2) is 0 Å². The zero-order chi connectivity index (χ0) is 17.7. The van der Waals surface area contributed by atoms with Gasteiger partial charge in [-0.15, -0.1) is 0 Å². The molecular formula is C16H17F3N2O3. The fraction of sp³-hybridized carbons (Fsp3) is 0.375. The maximum Gasteiger partial charge on any atom is 0.416 e. The molecule has 0 spiro atoms. The molecule has 0 bridgehead atoms. The van der Waals surface area contributed by atoms with Crippen LogP contribution in [-0.2, 0) is 11.0 Å². The van der Waals surface area contributed by atoms with E-state index in [-0.39, 0.29) is 30.7 Å². The first kappa shape index (κ1) is 18.0. The summed E-state index contributed by atoms with van der Waals surface area (Å²) >= 11 is 0. The van der Waals surface area contributed by atoms with E-state index in [0.717, 1.165) is 24.3 Å². The van der Waals surface area contributed by atoms with E-state index in [2.05, 4.69) is 10.6 Å². The Hall–Kier alpha value is -2.35. The third-order valence-corrected chi connectivity index (χ3v) is 3.64. The molecule has 0 heterocycles. The average molecular weight is 342 g/mol. The lowest BCUT2D eigenvalue weighted by atomic mass is 10.1. The van der Waals surface area contributed by atoms with Crippen LogP contribution in [0.4, 0.5) is 13.2 Å². The molecule has 130 valence electrons. The molecule has 1 aliphatic carbocycles. The van der Waals surface area contributed by atoms with Crippen LogP contribution in [0.3, 0.4) is 0 Å². The van der Waals surface area contributed by atoms with Gasteiger partial charge in [-0.3, -0.25) is 9.59 Å². The predicted molar refractivity (Wildman–Crippen MR) is 80.0 cm³/mol. The Morgan fingerprint density at radius 1 is 1.17 bits per heavy atom. The number of alkyl halides is 3. The number of carbonyl (C=O) groups is 2. The molecule has 2 rings (SSSR count). The summed E-state index contributed by atoms with van der Waals surface area (Å²) in [6.45, 7) is -0.276. The lowest BCUT2D eigenvalue weighted by Gasteiger charge is -2.13. The van der Waals surface area contributed by atoms with Gasteiger partial charge in [0.25, 0.3) is 5.91 Å². The van der Waals surface area contributed by atoms with Gasteiger partial charge >= 0.3 is 6.18 Å². The third-order valence-electron chi connectivity index (χ3n) is 3.64. The largest absolute Gasteiger partial charge is 0.416 e. The first-order chi connectivity index (χ1) is 11.3. The fourth-order valence-electron chi connectivity index (χ4n) is 2.35. The van der Waals surface area contributed by atoms with Gasteiger partial charge in [0.2, 0.25) is 5.91 Å². The lowest BCUT2D eigenvalue weighted by molar-refractivity contribution is -0.137. The molecule has 24 heavy (non-hydrogen) atoms. The van der Waals surface area contributed by atoms with Crippen LogP contribution in [0.1, 0.15) is 22.3 Å². The van der Waals surface area contributed by atoms with Gasteiger partial charge < -0.3 is 15.7 Å². The number of rotatable bonds is 5. The standard InChI is InChI=1S/C16H17F3N2O3/c17-16(18,19)12-4-2-11(3-5-12)15(24)20-8-14(23)21-13-6-1-10(7-13)9-22/h1-6,10,13,22H,7-9H2,(H,20,24)(H,21,23)/t10-,13+/m0/s1. The minimum Gasteiger partial charge on any atom is -0.396 e. The number of hydrogen-bond donors (Lipinski definition) is 3. The van der Waals surface area contributed by atoms with Gasteiger partial charge in [0.15, 0.2) is 0 Å². The van der Waals surface area contributed by atoms with Crippen molar-refractivity contribution in [1.29, 1.82) is 0 Å². The SMILES string of the molecule is O=C(CNC(=O)c1ccc(C(F)(F)F)cc1)N[C@@H]1C=C[C@H](CO)C1. The van der Waals surface area contributed by atoms with Crippen LogP contribution in [0, 0.1) is 5.92 Å². The topological polar surface area (TPSA) is 78.4 Å². The maximum absolute atomic E-state index is 12.4. The molecule has 1 aliphatic rings. The van der Waals surface area contributed by atoms with E-state index < -0.39 is 23.6 Å². The molecule has 0 unspecified atom stereocenters. The highest BCUT2D eigenvalue weighted by Crippen LogP contribution is 2.29. The molecule has 2 amide bonds. The molecule has 8 heteroatoms. The van der Waals surface area contributed by atoms with Crippen LogP contribution in [-0.4, -0.2) is 36.1 Å². The van der Waals surface area contributed by atoms with E-state index in [1.165, 1.54) is 0 Å². The molecule has 0 saturated heterocycles. The van der Waals surface area contributed by atoms with Gasteiger partial charge in [-0.05, 0) is 30.7 Å². The van der Waals surface area contributed by atoms with Gasteiger partial charge in [0, 0.05) is 24.1 Å². The van der Waals surface area contributed by atoms with Crippen molar-refractivity contribution in [1.82, 2.24) is 10.6 Å². The molecule has 1 aromatic rings. The van der Waals surface area contributed by atoms with Gasteiger partial charge in [-0.2, -0.15) is 13.2 Å². The highest BCUT2D eigenvalue weighted by Gasteiger charge is 2.30. The second-order valence-corrected chi connectivity index (χ2v) is 5.50. The summed E-state index contributed by atoms with van der Waals surface area (Å²) in [5.74, 6) is -1.03. The van der Waals surface area contributed by atoms with Crippen LogP contribution in [0.5, 0.6) is 0 Å². The first-order valence-electron chi connectivity index (χ1n) is 7.33. The predicted octanol–water partition coefficient (Wildman–Crippen LogP) is 1.49. The van der Waals surface area contributed by atoms with Crippen molar-refractivity contribution in [3.63, 3.8) is 0 Å². The Morgan fingerprint density at radius 2 is 1.83 bits per heavy atom. The number of halogens is 3. The number of aliphatic hydroxyl groups excluding tert-OH is 1. The van der Waals surface area contributed by atoms with Crippen LogP contribution in [0.25, 0.3) is 0 Å². The number of aliphatic hydroxyl groups is 1. The van der Waals surface area contributed by atoms with E-state index in [4.69, 9.17) is 5.11 Å². The minimum atomic E-state index is -4.46. The van der Waals surface area contributed by atoms with E-state index in [1.807, 2.05) is 6.08 Å². The molecule has 0 aliphatic heterocycles. The molecule has 2 atom stereocenters. The van der Waals surface area contributed by atoms with E-state index in [1.54, 1.807) is 6.08 Å². The van der Waals surface area contributed by atoms with Crippen molar-refractivity contribution in [2.24, 2.45) is 5.92 Å². The fourth-order valence-corrected chi connectivity index (χ4v) is 2.35. The smallest absolute Gasteiger partial charge is 0.396 e. The number of carbonyl (C=O) groups excluding carboxylic acids is 2. The zero-order valence-corrected chi connectivity index (χ0v) is 12.6. The number of nitrogens with one attached hydrogen (secondary N) is 2. The van der Waals surface area contributed by atoms with Crippen molar-refractivity contribution in [2.75, 3.05) is 13.2 Å². The second kappa shape index (κ2) is 7.48. The van der Waals surface area contributed by atoms with Crippen LogP contribution < -0.4 is 10.6 Å². The molecule has 3 N–H and O–H groups in total. The highest BCUT2D eigenvalue weighted by atomic mass is 19.4. The van der Waals surface area contributed by atoms with Crippen molar-refractivity contribution in [3.05, 3.63) is 47.5 Å². The minimum absolute atomic E-state index is 0.00747. The summed E-state index contributed by atoms with van der Waals surface area (Å²) in [5.41, 5.74) is -0.805. The Kier molecular flexibility index (Phi) is 5.61. The molecule has 0 fully saturated rings. The van der Waals surface area contributed by atoms with Crippen LogP contribution >= 0.6 is 0 Å². The summed E-state index contributed by atoms with van der Waals surface area (Å²) in [4.78, 5) is 23.6. The Morgan fingerprint density at radius 3 is 2.38 bits per heavy atom. The quantitative estimate of drug-likeness (QED) is 0.710. The summed E-state index contributed by atoms with van der Waals surface area (Å²) in [5, 5.41) is 14.0. The molecular weight excluding hydrogens is 325 g/mol. The van der Waals surface area contributed by atoms with E-state index >= 15 is 0 Å². The molecule has 1 aromatic carbocycles. The van der Waals surface area contributed by atoms with Crippen molar-refractivity contribution in [3.8, 4) is 0 Å². The highest BCUT2D eigenvalue weighted by molar-refractivity contribution is 5.96. The average Bonchev–Trinajstić information content (AvgIpc) is 2.99. The summed E-state index contributed by atoms with van der Waals surface area (Å²) in [7, 11) is 0. The van der Waals surface area contributed by atoms with Crippen LogP contribution in [0.2, 0.25) is 0 Å².